The van der Waals surface area contributed by atoms with E-state index in [2.05, 4.69) is 4.98 Å². The summed E-state index contributed by atoms with van der Waals surface area (Å²) in [6, 6.07) is 10.4. The zero-order valence-corrected chi connectivity index (χ0v) is 8.98. The van der Waals surface area contributed by atoms with Gasteiger partial charge in [-0.1, -0.05) is 12.1 Å². The van der Waals surface area contributed by atoms with Gasteiger partial charge in [0.15, 0.2) is 11.6 Å². The summed E-state index contributed by atoms with van der Waals surface area (Å²) in [6.45, 7) is 2.12. The molecule has 16 heavy (non-hydrogen) atoms. The zero-order chi connectivity index (χ0) is 11.4. The van der Waals surface area contributed by atoms with E-state index in [1.807, 2.05) is 31.2 Å². The molecule has 0 N–H and O–H groups in total. The summed E-state index contributed by atoms with van der Waals surface area (Å²) in [7, 11) is 0. The summed E-state index contributed by atoms with van der Waals surface area (Å²) in [5, 5.41) is 0. The first-order chi connectivity index (χ1) is 7.75. The first-order valence-corrected chi connectivity index (χ1v) is 5.04. The molecular formula is C13H12FNO. The fraction of sp³-hybridized carbons (Fsp3) is 0.154. The van der Waals surface area contributed by atoms with Crippen molar-refractivity contribution in [1.29, 1.82) is 0 Å². The van der Waals surface area contributed by atoms with Crippen molar-refractivity contribution in [3.8, 4) is 5.75 Å². The molecule has 0 saturated heterocycles. The van der Waals surface area contributed by atoms with Crippen LogP contribution in [0.15, 0.2) is 42.6 Å². The number of hydrogen-bond donors (Lipinski definition) is 0. The second-order valence-corrected chi connectivity index (χ2v) is 3.54. The van der Waals surface area contributed by atoms with Crippen molar-refractivity contribution in [3.63, 3.8) is 0 Å². The quantitative estimate of drug-likeness (QED) is 0.788. The van der Waals surface area contributed by atoms with Gasteiger partial charge in [0, 0.05) is 6.20 Å². The van der Waals surface area contributed by atoms with E-state index in [1.165, 1.54) is 6.07 Å². The second kappa shape index (κ2) is 4.75. The van der Waals surface area contributed by atoms with Crippen molar-refractivity contribution in [3.05, 3.63) is 59.7 Å². The SMILES string of the molecule is Cc1ccc(OCc2ccccn2)c(F)c1. The van der Waals surface area contributed by atoms with Crippen molar-refractivity contribution in [2.75, 3.05) is 0 Å². The van der Waals surface area contributed by atoms with Gasteiger partial charge >= 0.3 is 0 Å². The normalized spacial score (nSPS) is 10.1. The van der Waals surface area contributed by atoms with Gasteiger partial charge in [0.25, 0.3) is 0 Å². The maximum absolute atomic E-state index is 13.4. The monoisotopic (exact) mass is 217 g/mol. The van der Waals surface area contributed by atoms with Crippen LogP contribution in [0.4, 0.5) is 4.39 Å². The predicted molar refractivity (Wildman–Crippen MR) is 59.7 cm³/mol. The Hall–Kier alpha value is -1.90. The molecule has 0 unspecified atom stereocenters. The number of hydrogen-bond acceptors (Lipinski definition) is 2. The van der Waals surface area contributed by atoms with Crippen LogP contribution < -0.4 is 4.74 Å². The van der Waals surface area contributed by atoms with Gasteiger partial charge in [-0.25, -0.2) is 4.39 Å². The van der Waals surface area contributed by atoms with E-state index in [9.17, 15) is 4.39 Å². The largest absolute Gasteiger partial charge is 0.484 e. The van der Waals surface area contributed by atoms with Crippen molar-refractivity contribution < 1.29 is 9.13 Å². The maximum Gasteiger partial charge on any atom is 0.165 e. The number of aryl methyl sites for hydroxylation is 1. The molecule has 0 saturated carbocycles. The first-order valence-electron chi connectivity index (χ1n) is 5.04. The number of benzene rings is 1. The molecule has 2 rings (SSSR count). The van der Waals surface area contributed by atoms with E-state index >= 15 is 0 Å². The van der Waals surface area contributed by atoms with Gasteiger partial charge in [0.1, 0.15) is 6.61 Å². The van der Waals surface area contributed by atoms with E-state index in [4.69, 9.17) is 4.74 Å². The molecule has 2 aromatic rings. The Morgan fingerprint density at radius 3 is 2.81 bits per heavy atom. The first kappa shape index (κ1) is 10.6. The molecule has 0 atom stereocenters. The predicted octanol–water partition coefficient (Wildman–Crippen LogP) is 3.11. The Bertz CT molecular complexity index is 471. The average Bonchev–Trinajstić information content (AvgIpc) is 2.29. The molecule has 0 spiro atoms. The standard InChI is InChI=1S/C13H12FNO/c1-10-5-6-13(12(14)8-10)16-9-11-4-2-3-7-15-11/h2-8H,9H2,1H3. The lowest BCUT2D eigenvalue weighted by Gasteiger charge is -2.06. The lowest BCUT2D eigenvalue weighted by Crippen LogP contribution is -1.99. The summed E-state index contributed by atoms with van der Waals surface area (Å²) in [4.78, 5) is 4.09. The van der Waals surface area contributed by atoms with Gasteiger partial charge in [-0.15, -0.1) is 0 Å². The topological polar surface area (TPSA) is 22.1 Å². The second-order valence-electron chi connectivity index (χ2n) is 3.54. The zero-order valence-electron chi connectivity index (χ0n) is 8.98. The number of ether oxygens (including phenoxy) is 1. The van der Waals surface area contributed by atoms with Gasteiger partial charge in [0.2, 0.25) is 0 Å². The number of nitrogens with zero attached hydrogens (tertiary/aromatic N) is 1. The molecule has 82 valence electrons. The molecule has 0 aliphatic carbocycles. The van der Waals surface area contributed by atoms with Crippen LogP contribution in [0.25, 0.3) is 0 Å². The highest BCUT2D eigenvalue weighted by Gasteiger charge is 2.03. The lowest BCUT2D eigenvalue weighted by atomic mass is 10.2. The molecule has 0 aliphatic heterocycles. The van der Waals surface area contributed by atoms with Crippen LogP contribution in [0.5, 0.6) is 5.75 Å². The van der Waals surface area contributed by atoms with Crippen LogP contribution in [-0.2, 0) is 6.61 Å². The number of rotatable bonds is 3. The number of pyridine rings is 1. The Kier molecular flexibility index (Phi) is 3.15. The minimum Gasteiger partial charge on any atom is -0.484 e. The molecule has 1 heterocycles. The maximum atomic E-state index is 13.4. The summed E-state index contributed by atoms with van der Waals surface area (Å²) >= 11 is 0. The van der Waals surface area contributed by atoms with Crippen LogP contribution in [0.2, 0.25) is 0 Å². The van der Waals surface area contributed by atoms with Crippen molar-refractivity contribution >= 4 is 0 Å². The minimum absolute atomic E-state index is 0.260. The summed E-state index contributed by atoms with van der Waals surface area (Å²) < 4.78 is 18.7. The molecule has 1 aromatic heterocycles. The lowest BCUT2D eigenvalue weighted by molar-refractivity contribution is 0.286. The van der Waals surface area contributed by atoms with Crippen molar-refractivity contribution in [2.24, 2.45) is 0 Å². The van der Waals surface area contributed by atoms with Crippen molar-refractivity contribution in [1.82, 2.24) is 4.98 Å². The van der Waals surface area contributed by atoms with Crippen LogP contribution in [-0.4, -0.2) is 4.98 Å². The Balaban J connectivity index is 2.05. The van der Waals surface area contributed by atoms with Gasteiger partial charge in [-0.2, -0.15) is 0 Å². The fourth-order valence-corrected chi connectivity index (χ4v) is 1.36. The molecule has 1 aromatic carbocycles. The third-order valence-electron chi connectivity index (χ3n) is 2.19. The highest BCUT2D eigenvalue weighted by molar-refractivity contribution is 5.28. The van der Waals surface area contributed by atoms with Gasteiger partial charge < -0.3 is 4.74 Å². The van der Waals surface area contributed by atoms with E-state index in [0.29, 0.717) is 0 Å². The number of halogens is 1. The van der Waals surface area contributed by atoms with Crippen LogP contribution in [0, 0.1) is 12.7 Å². The molecule has 0 radical (unpaired) electrons. The van der Waals surface area contributed by atoms with E-state index in [1.54, 1.807) is 12.3 Å². The molecule has 0 aliphatic rings. The Labute approximate surface area is 93.7 Å². The van der Waals surface area contributed by atoms with Gasteiger partial charge in [-0.3, -0.25) is 4.98 Å². The third kappa shape index (κ3) is 2.57. The molecule has 0 amide bonds. The van der Waals surface area contributed by atoms with Crippen LogP contribution in [0.3, 0.4) is 0 Å². The van der Waals surface area contributed by atoms with Crippen LogP contribution >= 0.6 is 0 Å². The van der Waals surface area contributed by atoms with Gasteiger partial charge in [-0.05, 0) is 36.8 Å². The van der Waals surface area contributed by atoms with Gasteiger partial charge in [0.05, 0.1) is 5.69 Å². The summed E-state index contributed by atoms with van der Waals surface area (Å²) in [5.74, 6) is -0.0767. The molecule has 0 fully saturated rings. The Morgan fingerprint density at radius 1 is 1.25 bits per heavy atom. The van der Waals surface area contributed by atoms with Crippen molar-refractivity contribution in [2.45, 2.75) is 13.5 Å². The average molecular weight is 217 g/mol. The van der Waals surface area contributed by atoms with Crippen LogP contribution in [0.1, 0.15) is 11.3 Å². The highest BCUT2D eigenvalue weighted by Crippen LogP contribution is 2.18. The Morgan fingerprint density at radius 2 is 2.12 bits per heavy atom. The van der Waals surface area contributed by atoms with E-state index < -0.39 is 0 Å². The minimum atomic E-state index is -0.337. The summed E-state index contributed by atoms with van der Waals surface area (Å²) in [5.41, 5.74) is 1.66. The highest BCUT2D eigenvalue weighted by atomic mass is 19.1. The van der Waals surface area contributed by atoms with E-state index in [0.717, 1.165) is 11.3 Å². The van der Waals surface area contributed by atoms with E-state index in [-0.39, 0.29) is 18.2 Å². The molecule has 0 bridgehead atoms. The third-order valence-corrected chi connectivity index (χ3v) is 2.19. The smallest absolute Gasteiger partial charge is 0.165 e. The fourth-order valence-electron chi connectivity index (χ4n) is 1.36. The number of aromatic nitrogens is 1. The molecular weight excluding hydrogens is 205 g/mol. The molecule has 2 nitrogen and oxygen atoms in total. The molecule has 3 heteroatoms. The summed E-state index contributed by atoms with van der Waals surface area (Å²) in [6.07, 6.45) is 1.68.